The molecule has 0 spiro atoms. The Bertz CT molecular complexity index is 580. The summed E-state index contributed by atoms with van der Waals surface area (Å²) in [5, 5.41) is 2.70. The number of carbonyl (C=O) groups is 2. The van der Waals surface area contributed by atoms with E-state index in [0.29, 0.717) is 17.9 Å². The molecule has 1 N–H and O–H groups in total. The molecule has 1 aromatic carbocycles. The average Bonchev–Trinajstić information content (AvgIpc) is 2.98. The summed E-state index contributed by atoms with van der Waals surface area (Å²) in [6.45, 7) is 1.64. The van der Waals surface area contributed by atoms with Crippen molar-refractivity contribution in [3.63, 3.8) is 0 Å². The number of hydrogen-bond donors (Lipinski definition) is 1. The summed E-state index contributed by atoms with van der Waals surface area (Å²) in [7, 11) is 1.54. The molecule has 22 heavy (non-hydrogen) atoms. The second-order valence-corrected chi connectivity index (χ2v) is 5.38. The van der Waals surface area contributed by atoms with E-state index in [4.69, 9.17) is 9.47 Å². The summed E-state index contributed by atoms with van der Waals surface area (Å²) >= 11 is 0. The maximum absolute atomic E-state index is 11.9. The summed E-state index contributed by atoms with van der Waals surface area (Å²) in [5.41, 5.74) is 1.57. The molecule has 0 saturated heterocycles. The molecule has 5 nitrogen and oxygen atoms in total. The number of rotatable bonds is 6. The van der Waals surface area contributed by atoms with Crippen LogP contribution in [0.5, 0.6) is 5.75 Å². The number of anilines is 1. The summed E-state index contributed by atoms with van der Waals surface area (Å²) in [4.78, 5) is 23.5. The third-order valence-corrected chi connectivity index (χ3v) is 3.53. The Kier molecular flexibility index (Phi) is 5.58. The maximum atomic E-state index is 11.9. The molecule has 118 valence electrons. The normalized spacial score (nSPS) is 16.4. The van der Waals surface area contributed by atoms with Gasteiger partial charge in [0.15, 0.2) is 6.61 Å². The molecule has 1 aliphatic carbocycles. The molecule has 0 fully saturated rings. The molecular formula is C17H21NO4. The Hall–Kier alpha value is -2.30. The quantitative estimate of drug-likeness (QED) is 0.648. The van der Waals surface area contributed by atoms with Gasteiger partial charge in [0.25, 0.3) is 5.91 Å². The SMILES string of the molecule is COc1ccc(C)cc1NC(=O)COC(=O)C[C@H]1C=CCC1. The third kappa shape index (κ3) is 4.62. The Labute approximate surface area is 130 Å². The van der Waals surface area contributed by atoms with Gasteiger partial charge in [0, 0.05) is 0 Å². The van der Waals surface area contributed by atoms with Gasteiger partial charge in [-0.15, -0.1) is 0 Å². The van der Waals surface area contributed by atoms with Crippen LogP contribution in [0.15, 0.2) is 30.4 Å². The lowest BCUT2D eigenvalue weighted by atomic mass is 10.1. The number of methoxy groups -OCH3 is 1. The van der Waals surface area contributed by atoms with E-state index in [2.05, 4.69) is 11.4 Å². The first kappa shape index (κ1) is 16.1. The topological polar surface area (TPSA) is 64.6 Å². The van der Waals surface area contributed by atoms with E-state index in [1.807, 2.05) is 25.1 Å². The zero-order valence-corrected chi connectivity index (χ0v) is 12.9. The fourth-order valence-electron chi connectivity index (χ4n) is 2.39. The Morgan fingerprint density at radius 3 is 2.86 bits per heavy atom. The monoisotopic (exact) mass is 303 g/mol. The van der Waals surface area contributed by atoms with Crippen LogP contribution in [0.2, 0.25) is 0 Å². The number of esters is 1. The lowest BCUT2D eigenvalue weighted by molar-refractivity contribution is -0.147. The van der Waals surface area contributed by atoms with Crippen molar-refractivity contribution in [2.24, 2.45) is 5.92 Å². The number of nitrogens with one attached hydrogen (secondary N) is 1. The first-order valence-corrected chi connectivity index (χ1v) is 7.35. The molecule has 0 aliphatic heterocycles. The first-order chi connectivity index (χ1) is 10.6. The maximum Gasteiger partial charge on any atom is 0.306 e. The number of aryl methyl sites for hydroxylation is 1. The minimum absolute atomic E-state index is 0.243. The van der Waals surface area contributed by atoms with Crippen molar-refractivity contribution in [1.29, 1.82) is 0 Å². The molecule has 1 amide bonds. The van der Waals surface area contributed by atoms with Crippen LogP contribution in [0.4, 0.5) is 5.69 Å². The molecule has 0 saturated carbocycles. The van der Waals surface area contributed by atoms with Gasteiger partial charge in [-0.3, -0.25) is 9.59 Å². The fourth-order valence-corrected chi connectivity index (χ4v) is 2.39. The summed E-state index contributed by atoms with van der Waals surface area (Å²) < 4.78 is 10.2. The molecule has 0 aromatic heterocycles. The number of benzene rings is 1. The number of ether oxygens (including phenoxy) is 2. The molecule has 0 unspecified atom stereocenters. The number of hydrogen-bond acceptors (Lipinski definition) is 4. The van der Waals surface area contributed by atoms with Gasteiger partial charge < -0.3 is 14.8 Å². The van der Waals surface area contributed by atoms with Gasteiger partial charge in [0.05, 0.1) is 19.2 Å². The molecule has 2 rings (SSSR count). The van der Waals surface area contributed by atoms with Crippen LogP contribution >= 0.6 is 0 Å². The van der Waals surface area contributed by atoms with Crippen molar-refractivity contribution < 1.29 is 19.1 Å². The van der Waals surface area contributed by atoms with E-state index < -0.39 is 0 Å². The van der Waals surface area contributed by atoms with Gasteiger partial charge in [-0.25, -0.2) is 0 Å². The van der Waals surface area contributed by atoms with Crippen LogP contribution in [0, 0.1) is 12.8 Å². The molecule has 0 bridgehead atoms. The van der Waals surface area contributed by atoms with Crippen LogP contribution in [-0.2, 0) is 14.3 Å². The predicted octanol–water partition coefficient (Wildman–Crippen LogP) is 2.84. The van der Waals surface area contributed by atoms with Crippen molar-refractivity contribution in [2.75, 3.05) is 19.0 Å². The Morgan fingerprint density at radius 2 is 2.18 bits per heavy atom. The highest BCUT2D eigenvalue weighted by Crippen LogP contribution is 2.25. The fraction of sp³-hybridized carbons (Fsp3) is 0.412. The highest BCUT2D eigenvalue weighted by atomic mass is 16.5. The van der Waals surface area contributed by atoms with Crippen LogP contribution in [0.1, 0.15) is 24.8 Å². The largest absolute Gasteiger partial charge is 0.495 e. The van der Waals surface area contributed by atoms with Gasteiger partial charge in [0.1, 0.15) is 5.75 Å². The lowest BCUT2D eigenvalue weighted by Crippen LogP contribution is -2.22. The molecule has 1 aliphatic rings. The van der Waals surface area contributed by atoms with Crippen LogP contribution in [-0.4, -0.2) is 25.6 Å². The summed E-state index contributed by atoms with van der Waals surface area (Å²) in [6, 6.07) is 5.48. The first-order valence-electron chi connectivity index (χ1n) is 7.35. The molecular weight excluding hydrogens is 282 g/mol. The van der Waals surface area contributed by atoms with Crippen molar-refractivity contribution >= 4 is 17.6 Å². The van der Waals surface area contributed by atoms with Gasteiger partial charge in [0.2, 0.25) is 0 Å². The lowest BCUT2D eigenvalue weighted by Gasteiger charge is -2.12. The smallest absolute Gasteiger partial charge is 0.306 e. The molecule has 1 aromatic rings. The van der Waals surface area contributed by atoms with E-state index in [1.54, 1.807) is 6.07 Å². The predicted molar refractivity (Wildman–Crippen MR) is 83.8 cm³/mol. The van der Waals surface area contributed by atoms with Crippen LogP contribution in [0.3, 0.4) is 0 Å². The van der Waals surface area contributed by atoms with E-state index in [1.165, 1.54) is 7.11 Å². The second kappa shape index (κ2) is 7.64. The Morgan fingerprint density at radius 1 is 1.36 bits per heavy atom. The summed E-state index contributed by atoms with van der Waals surface area (Å²) in [6.07, 6.45) is 6.40. The van der Waals surface area contributed by atoms with E-state index >= 15 is 0 Å². The molecule has 5 heteroatoms. The Balaban J connectivity index is 1.81. The van der Waals surface area contributed by atoms with Crippen molar-refractivity contribution in [2.45, 2.75) is 26.2 Å². The minimum atomic E-state index is -0.376. The average molecular weight is 303 g/mol. The van der Waals surface area contributed by atoms with Gasteiger partial charge in [-0.05, 0) is 43.4 Å². The zero-order chi connectivity index (χ0) is 15.9. The zero-order valence-electron chi connectivity index (χ0n) is 12.9. The second-order valence-electron chi connectivity index (χ2n) is 5.38. The van der Waals surface area contributed by atoms with Gasteiger partial charge in [-0.2, -0.15) is 0 Å². The minimum Gasteiger partial charge on any atom is -0.495 e. The molecule has 1 atom stereocenters. The van der Waals surface area contributed by atoms with Gasteiger partial charge >= 0.3 is 5.97 Å². The van der Waals surface area contributed by atoms with Crippen LogP contribution in [0.25, 0.3) is 0 Å². The summed E-state index contributed by atoms with van der Waals surface area (Å²) in [5.74, 6) is 0.0934. The standard InChI is InChI=1S/C17H21NO4/c1-12-7-8-15(21-2)14(9-12)18-16(19)11-22-17(20)10-13-5-3-4-6-13/h3,5,7-9,13H,4,6,10-11H2,1-2H3,(H,18,19)/t13-/m0/s1. The van der Waals surface area contributed by atoms with Crippen molar-refractivity contribution in [3.8, 4) is 5.75 Å². The highest BCUT2D eigenvalue weighted by molar-refractivity contribution is 5.94. The van der Waals surface area contributed by atoms with Gasteiger partial charge in [-0.1, -0.05) is 18.2 Å². The number of amides is 1. The van der Waals surface area contributed by atoms with Crippen molar-refractivity contribution in [3.05, 3.63) is 35.9 Å². The molecule has 0 radical (unpaired) electrons. The third-order valence-electron chi connectivity index (χ3n) is 3.53. The number of allylic oxidation sites excluding steroid dienone is 2. The molecule has 0 heterocycles. The van der Waals surface area contributed by atoms with Crippen LogP contribution < -0.4 is 10.1 Å². The van der Waals surface area contributed by atoms with E-state index in [0.717, 1.165) is 18.4 Å². The highest BCUT2D eigenvalue weighted by Gasteiger charge is 2.16. The van der Waals surface area contributed by atoms with E-state index in [-0.39, 0.29) is 24.4 Å². The number of carbonyl (C=O) groups excluding carboxylic acids is 2. The van der Waals surface area contributed by atoms with Crippen molar-refractivity contribution in [1.82, 2.24) is 0 Å². The van der Waals surface area contributed by atoms with E-state index in [9.17, 15) is 9.59 Å².